The lowest BCUT2D eigenvalue weighted by Gasteiger charge is -2.16. The normalized spacial score (nSPS) is 15.3. The number of carbonyl (C=O) groups is 1. The fraction of sp³-hybridized carbons (Fsp3) is 0.0833. The Morgan fingerprint density at radius 3 is 2.53 bits per heavy atom. The number of amides is 1. The van der Waals surface area contributed by atoms with Crippen LogP contribution in [-0.2, 0) is 17.6 Å². The van der Waals surface area contributed by atoms with Crippen molar-refractivity contribution in [2.45, 2.75) is 12.8 Å². The maximum Gasteiger partial charge on any atom is 0.416 e. The van der Waals surface area contributed by atoms with Crippen LogP contribution in [0.4, 0.5) is 18.9 Å². The summed E-state index contributed by atoms with van der Waals surface area (Å²) in [5.41, 5.74) is 0.740. The summed E-state index contributed by atoms with van der Waals surface area (Å²) in [5.74, 6) is 0.0282. The third kappa shape index (κ3) is 5.66. The number of alkyl halides is 3. The van der Waals surface area contributed by atoms with Gasteiger partial charge in [-0.3, -0.25) is 9.69 Å². The monoisotopic (exact) mass is 583 g/mol. The van der Waals surface area contributed by atoms with Crippen LogP contribution in [0.5, 0.6) is 5.75 Å². The minimum Gasteiger partial charge on any atom is -0.488 e. The molecular weight excluding hydrogens is 571 g/mol. The second kappa shape index (κ2) is 10.1. The van der Waals surface area contributed by atoms with Crippen molar-refractivity contribution < 1.29 is 22.7 Å². The van der Waals surface area contributed by atoms with E-state index in [1.807, 2.05) is 18.2 Å². The van der Waals surface area contributed by atoms with Gasteiger partial charge in [0, 0.05) is 15.1 Å². The minimum absolute atomic E-state index is 0.0641. The van der Waals surface area contributed by atoms with Crippen molar-refractivity contribution in [1.29, 1.82) is 0 Å². The summed E-state index contributed by atoms with van der Waals surface area (Å²) in [5, 5.41) is 0.621. The molecule has 0 aliphatic carbocycles. The zero-order chi connectivity index (χ0) is 24.5. The van der Waals surface area contributed by atoms with Crippen LogP contribution < -0.4 is 9.64 Å². The fourth-order valence-corrected chi connectivity index (χ4v) is 4.95. The Bertz CT molecular complexity index is 1300. The minimum atomic E-state index is -4.53. The maximum absolute atomic E-state index is 13.1. The van der Waals surface area contributed by atoms with Crippen molar-refractivity contribution >= 4 is 73.5 Å². The zero-order valence-corrected chi connectivity index (χ0v) is 21.1. The molecule has 34 heavy (non-hydrogen) atoms. The van der Waals surface area contributed by atoms with E-state index in [9.17, 15) is 18.0 Å². The fourth-order valence-electron chi connectivity index (χ4n) is 3.16. The van der Waals surface area contributed by atoms with E-state index < -0.39 is 17.6 Å². The van der Waals surface area contributed by atoms with Gasteiger partial charge in [0.05, 0.1) is 16.2 Å². The van der Waals surface area contributed by atoms with Crippen molar-refractivity contribution in [3.8, 4) is 5.75 Å². The first-order chi connectivity index (χ1) is 16.1. The van der Waals surface area contributed by atoms with Gasteiger partial charge in [-0.25, -0.2) is 0 Å². The highest BCUT2D eigenvalue weighted by atomic mass is 79.9. The molecule has 0 bridgehead atoms. The number of hydrogen-bond acceptors (Lipinski definition) is 4. The number of ether oxygens (including phenoxy) is 1. The largest absolute Gasteiger partial charge is 0.488 e. The van der Waals surface area contributed by atoms with Crippen LogP contribution in [0.15, 0.2) is 76.1 Å². The molecule has 1 saturated heterocycles. The lowest BCUT2D eigenvalue weighted by Crippen LogP contribution is -2.27. The predicted octanol–water partition coefficient (Wildman–Crippen LogP) is 8.11. The van der Waals surface area contributed by atoms with Gasteiger partial charge in [0.1, 0.15) is 12.4 Å². The van der Waals surface area contributed by atoms with E-state index in [-0.39, 0.29) is 21.5 Å². The Morgan fingerprint density at radius 2 is 1.82 bits per heavy atom. The average molecular weight is 585 g/mol. The zero-order valence-electron chi connectivity index (χ0n) is 17.1. The van der Waals surface area contributed by atoms with Gasteiger partial charge in [-0.2, -0.15) is 13.2 Å². The third-order valence-electron chi connectivity index (χ3n) is 4.79. The molecule has 1 fully saturated rings. The van der Waals surface area contributed by atoms with Gasteiger partial charge in [0.2, 0.25) is 0 Å². The summed E-state index contributed by atoms with van der Waals surface area (Å²) < 4.78 is 46.3. The Kier molecular flexibility index (Phi) is 7.37. The lowest BCUT2D eigenvalue weighted by atomic mass is 10.1. The topological polar surface area (TPSA) is 29.5 Å². The number of thiocarbonyl (C=S) groups is 1. The molecule has 4 rings (SSSR count). The Balaban J connectivity index is 1.61. The molecule has 0 radical (unpaired) electrons. The van der Waals surface area contributed by atoms with Crippen LogP contribution in [-0.4, -0.2) is 10.2 Å². The highest BCUT2D eigenvalue weighted by Crippen LogP contribution is 2.39. The van der Waals surface area contributed by atoms with Gasteiger partial charge in [0.25, 0.3) is 5.91 Å². The Morgan fingerprint density at radius 1 is 1.09 bits per heavy atom. The van der Waals surface area contributed by atoms with Gasteiger partial charge >= 0.3 is 6.18 Å². The number of benzene rings is 3. The molecule has 0 atom stereocenters. The molecule has 1 aliphatic heterocycles. The van der Waals surface area contributed by atoms with Gasteiger partial charge < -0.3 is 4.74 Å². The van der Waals surface area contributed by atoms with Crippen LogP contribution in [0.25, 0.3) is 6.08 Å². The van der Waals surface area contributed by atoms with E-state index in [1.165, 1.54) is 12.1 Å². The molecule has 0 spiro atoms. The Hall–Kier alpha value is -2.33. The molecule has 0 N–H and O–H groups in total. The molecule has 1 amide bonds. The van der Waals surface area contributed by atoms with E-state index in [1.54, 1.807) is 30.3 Å². The van der Waals surface area contributed by atoms with Crippen molar-refractivity contribution in [1.82, 2.24) is 0 Å². The van der Waals surface area contributed by atoms with Gasteiger partial charge in [-0.1, -0.05) is 69.7 Å². The second-order valence-electron chi connectivity index (χ2n) is 7.16. The standard InChI is InChI=1S/C24H14BrClF3NO2S2/c25-17-6-9-20(32-13-14-4-7-18(26)8-5-14)15(10-17)11-21-22(31)30(23(33)34-21)19-3-1-2-16(12-19)24(27,28)29/h1-12H,13H2/b21-11-. The molecule has 0 aromatic heterocycles. The number of rotatable bonds is 5. The number of anilines is 1. The first-order valence-electron chi connectivity index (χ1n) is 9.74. The summed E-state index contributed by atoms with van der Waals surface area (Å²) in [6.07, 6.45) is -2.91. The highest BCUT2D eigenvalue weighted by molar-refractivity contribution is 9.10. The lowest BCUT2D eigenvalue weighted by molar-refractivity contribution is -0.137. The quantitative estimate of drug-likeness (QED) is 0.224. The molecule has 3 aromatic rings. The predicted molar refractivity (Wildman–Crippen MR) is 137 cm³/mol. The summed E-state index contributed by atoms with van der Waals surface area (Å²) in [4.78, 5) is 14.5. The number of thioether (sulfide) groups is 1. The molecule has 0 unspecified atom stereocenters. The van der Waals surface area contributed by atoms with Crippen LogP contribution >= 0.6 is 51.5 Å². The van der Waals surface area contributed by atoms with E-state index >= 15 is 0 Å². The SMILES string of the molecule is O=C1/C(=C/c2cc(Br)ccc2OCc2ccc(Cl)cc2)SC(=S)N1c1cccc(C(F)(F)F)c1. The number of nitrogens with zero attached hydrogens (tertiary/aromatic N) is 1. The molecule has 10 heteroatoms. The average Bonchev–Trinajstić information content (AvgIpc) is 3.06. The third-order valence-corrected chi connectivity index (χ3v) is 6.84. The number of halogens is 5. The molecule has 174 valence electrons. The van der Waals surface area contributed by atoms with Crippen LogP contribution in [0, 0.1) is 0 Å². The molecule has 3 aromatic carbocycles. The van der Waals surface area contributed by atoms with Gasteiger partial charge in [-0.15, -0.1) is 0 Å². The van der Waals surface area contributed by atoms with Gasteiger partial charge in [-0.05, 0) is 60.2 Å². The summed E-state index contributed by atoms with van der Waals surface area (Å²) in [6, 6.07) is 17.1. The summed E-state index contributed by atoms with van der Waals surface area (Å²) in [6.45, 7) is 0.283. The van der Waals surface area contributed by atoms with Crippen molar-refractivity contribution in [3.05, 3.63) is 97.8 Å². The molecule has 3 nitrogen and oxygen atoms in total. The van der Waals surface area contributed by atoms with E-state index in [2.05, 4.69) is 15.9 Å². The van der Waals surface area contributed by atoms with Crippen LogP contribution in [0.3, 0.4) is 0 Å². The number of carbonyl (C=O) groups excluding carboxylic acids is 1. The first kappa shape index (κ1) is 24.8. The first-order valence-corrected chi connectivity index (χ1v) is 12.1. The highest BCUT2D eigenvalue weighted by Gasteiger charge is 2.36. The molecule has 1 heterocycles. The second-order valence-corrected chi connectivity index (χ2v) is 10.2. The molecular formula is C24H14BrClF3NO2S2. The van der Waals surface area contributed by atoms with Crippen LogP contribution in [0.1, 0.15) is 16.7 Å². The smallest absolute Gasteiger partial charge is 0.416 e. The van der Waals surface area contributed by atoms with E-state index in [0.29, 0.717) is 16.3 Å². The Labute approximate surface area is 216 Å². The van der Waals surface area contributed by atoms with Gasteiger partial charge in [0.15, 0.2) is 4.32 Å². The van der Waals surface area contributed by atoms with Crippen molar-refractivity contribution in [2.75, 3.05) is 4.90 Å². The molecule has 0 saturated carbocycles. The van der Waals surface area contributed by atoms with E-state index in [0.717, 1.165) is 38.8 Å². The van der Waals surface area contributed by atoms with Crippen molar-refractivity contribution in [2.24, 2.45) is 0 Å². The van der Waals surface area contributed by atoms with Crippen LogP contribution in [0.2, 0.25) is 5.02 Å². The maximum atomic E-state index is 13.1. The number of hydrogen-bond donors (Lipinski definition) is 0. The molecule has 1 aliphatic rings. The van der Waals surface area contributed by atoms with Crippen molar-refractivity contribution in [3.63, 3.8) is 0 Å². The summed E-state index contributed by atoms with van der Waals surface area (Å²) >= 11 is 15.7. The van der Waals surface area contributed by atoms with E-state index in [4.69, 9.17) is 28.6 Å². The summed E-state index contributed by atoms with van der Waals surface area (Å²) in [7, 11) is 0.